The van der Waals surface area contributed by atoms with Gasteiger partial charge >= 0.3 is 5.97 Å². The second-order valence-electron chi connectivity index (χ2n) is 4.84. The van der Waals surface area contributed by atoms with Crippen LogP contribution in [0.3, 0.4) is 0 Å². The van der Waals surface area contributed by atoms with Gasteiger partial charge in [0.2, 0.25) is 5.91 Å². The molecule has 0 aromatic carbocycles. The average Bonchev–Trinajstić information content (AvgIpc) is 2.23. The summed E-state index contributed by atoms with van der Waals surface area (Å²) in [5, 5.41) is 0. The van der Waals surface area contributed by atoms with E-state index >= 15 is 0 Å². The van der Waals surface area contributed by atoms with Crippen molar-refractivity contribution in [2.45, 2.75) is 52.3 Å². The third-order valence-corrected chi connectivity index (χ3v) is 3.77. The molecule has 0 bridgehead atoms. The standard InChI is InChI=1S/C12H24NO5P/c1-6-16-19(17-7-2)9(8-10(13)14)11(15)18-12(3,4)5/h9H,6-8H2,1-5H3,(H2,13,14). The lowest BCUT2D eigenvalue weighted by atomic mass is 10.2. The molecule has 0 spiro atoms. The first kappa shape index (κ1) is 18.3. The van der Waals surface area contributed by atoms with Crippen LogP contribution < -0.4 is 5.73 Å². The van der Waals surface area contributed by atoms with E-state index in [9.17, 15) is 9.59 Å². The van der Waals surface area contributed by atoms with Crippen molar-refractivity contribution >= 4 is 20.3 Å². The summed E-state index contributed by atoms with van der Waals surface area (Å²) in [5.74, 6) is -1.10. The summed E-state index contributed by atoms with van der Waals surface area (Å²) in [4.78, 5) is 23.2. The Balaban J connectivity index is 4.93. The molecule has 1 atom stereocenters. The zero-order valence-electron chi connectivity index (χ0n) is 12.3. The number of primary amides is 1. The third kappa shape index (κ3) is 8.14. The SMILES string of the molecule is CCOP(OCC)C(CC(N)=O)C(=O)OC(C)(C)C. The summed E-state index contributed by atoms with van der Waals surface area (Å²) in [7, 11) is -1.52. The van der Waals surface area contributed by atoms with Gasteiger partial charge in [-0.3, -0.25) is 9.59 Å². The Morgan fingerprint density at radius 1 is 1.16 bits per heavy atom. The Kier molecular flexibility index (Phi) is 8.14. The lowest BCUT2D eigenvalue weighted by molar-refractivity contribution is -0.155. The summed E-state index contributed by atoms with van der Waals surface area (Å²) >= 11 is 0. The van der Waals surface area contributed by atoms with E-state index in [4.69, 9.17) is 19.5 Å². The fourth-order valence-corrected chi connectivity index (χ4v) is 2.77. The van der Waals surface area contributed by atoms with Crippen LogP contribution in [0.2, 0.25) is 0 Å². The van der Waals surface area contributed by atoms with E-state index in [1.54, 1.807) is 34.6 Å². The number of hydrogen-bond donors (Lipinski definition) is 1. The van der Waals surface area contributed by atoms with Crippen LogP contribution in [-0.2, 0) is 23.4 Å². The largest absolute Gasteiger partial charge is 0.459 e. The number of carbonyl (C=O) groups is 2. The first-order chi connectivity index (χ1) is 8.71. The molecule has 112 valence electrons. The number of hydrogen-bond acceptors (Lipinski definition) is 5. The van der Waals surface area contributed by atoms with Gasteiger partial charge in [0.15, 0.2) is 8.38 Å². The molecule has 0 aromatic rings. The molecule has 0 fully saturated rings. The van der Waals surface area contributed by atoms with E-state index in [-0.39, 0.29) is 6.42 Å². The Morgan fingerprint density at radius 2 is 1.63 bits per heavy atom. The minimum absolute atomic E-state index is 0.138. The van der Waals surface area contributed by atoms with Gasteiger partial charge in [-0.25, -0.2) is 0 Å². The molecule has 0 aliphatic rings. The van der Waals surface area contributed by atoms with Crippen LogP contribution in [0, 0.1) is 0 Å². The van der Waals surface area contributed by atoms with Crippen LogP contribution >= 0.6 is 8.38 Å². The molecule has 0 saturated heterocycles. The third-order valence-electron chi connectivity index (χ3n) is 1.84. The molecule has 6 nitrogen and oxygen atoms in total. The smallest absolute Gasteiger partial charge is 0.319 e. The summed E-state index contributed by atoms with van der Waals surface area (Å²) in [5.41, 5.74) is 3.76. The minimum atomic E-state index is -1.52. The Bertz CT molecular complexity index is 297. The molecule has 7 heteroatoms. The van der Waals surface area contributed by atoms with Gasteiger partial charge in [0.25, 0.3) is 0 Å². The maximum atomic E-state index is 12.1. The molecule has 0 aromatic heterocycles. The molecule has 19 heavy (non-hydrogen) atoms. The summed E-state index contributed by atoms with van der Waals surface area (Å²) < 4.78 is 16.1. The number of amides is 1. The first-order valence-corrected chi connectivity index (χ1v) is 7.52. The molecule has 1 unspecified atom stereocenters. The van der Waals surface area contributed by atoms with Crippen LogP contribution in [0.4, 0.5) is 0 Å². The number of nitrogens with two attached hydrogens (primary N) is 1. The highest BCUT2D eigenvalue weighted by atomic mass is 31.2. The van der Waals surface area contributed by atoms with Crippen molar-refractivity contribution in [3.63, 3.8) is 0 Å². The van der Waals surface area contributed by atoms with Crippen molar-refractivity contribution in [3.05, 3.63) is 0 Å². The lowest BCUT2D eigenvalue weighted by Gasteiger charge is -2.27. The highest BCUT2D eigenvalue weighted by Gasteiger charge is 2.35. The number of rotatable bonds is 8. The van der Waals surface area contributed by atoms with E-state index in [0.717, 1.165) is 0 Å². The zero-order valence-corrected chi connectivity index (χ0v) is 13.2. The van der Waals surface area contributed by atoms with Crippen LogP contribution in [-0.4, -0.2) is 36.4 Å². The lowest BCUT2D eigenvalue weighted by Crippen LogP contribution is -2.34. The molecule has 0 aliphatic heterocycles. The summed E-state index contributed by atoms with van der Waals surface area (Å²) in [6.45, 7) is 9.66. The highest BCUT2D eigenvalue weighted by molar-refractivity contribution is 7.49. The van der Waals surface area contributed by atoms with Crippen molar-refractivity contribution in [1.29, 1.82) is 0 Å². The van der Waals surface area contributed by atoms with Crippen molar-refractivity contribution in [2.24, 2.45) is 5.73 Å². The normalized spacial score (nSPS) is 13.4. The van der Waals surface area contributed by atoms with Gasteiger partial charge in [0, 0.05) is 6.42 Å². The maximum Gasteiger partial charge on any atom is 0.319 e. The Hall–Kier alpha value is -0.710. The molecule has 2 N–H and O–H groups in total. The molecule has 0 rings (SSSR count). The molecule has 1 amide bonds. The first-order valence-electron chi connectivity index (χ1n) is 6.27. The number of esters is 1. The fourth-order valence-electron chi connectivity index (χ4n) is 1.28. The topological polar surface area (TPSA) is 87.9 Å². The molecule has 0 aliphatic carbocycles. The summed E-state index contributed by atoms with van der Waals surface area (Å²) in [6, 6.07) is 0. The van der Waals surface area contributed by atoms with Crippen molar-refractivity contribution in [3.8, 4) is 0 Å². The summed E-state index contributed by atoms with van der Waals surface area (Å²) in [6.07, 6.45) is -0.138. The van der Waals surface area contributed by atoms with Gasteiger partial charge in [-0.1, -0.05) is 0 Å². The van der Waals surface area contributed by atoms with E-state index in [0.29, 0.717) is 13.2 Å². The molecular formula is C12H24NO5P. The minimum Gasteiger partial charge on any atom is -0.459 e. The van der Waals surface area contributed by atoms with Gasteiger partial charge in [0.05, 0.1) is 13.2 Å². The van der Waals surface area contributed by atoms with Crippen LogP contribution in [0.5, 0.6) is 0 Å². The van der Waals surface area contributed by atoms with Gasteiger partial charge in [-0.05, 0) is 34.6 Å². The predicted octanol–water partition coefficient (Wildman–Crippen LogP) is 1.96. The molecular weight excluding hydrogens is 269 g/mol. The van der Waals surface area contributed by atoms with Gasteiger partial charge in [-0.15, -0.1) is 0 Å². The second kappa shape index (κ2) is 8.46. The number of carbonyl (C=O) groups excluding carboxylic acids is 2. The zero-order chi connectivity index (χ0) is 15.1. The Morgan fingerprint density at radius 3 is 1.95 bits per heavy atom. The van der Waals surface area contributed by atoms with Crippen LogP contribution in [0.25, 0.3) is 0 Å². The van der Waals surface area contributed by atoms with Gasteiger partial charge < -0.3 is 19.5 Å². The van der Waals surface area contributed by atoms with Crippen LogP contribution in [0.15, 0.2) is 0 Å². The molecule has 0 radical (unpaired) electrons. The maximum absolute atomic E-state index is 12.1. The Labute approximate surface area is 115 Å². The van der Waals surface area contributed by atoms with Crippen molar-refractivity contribution in [2.75, 3.05) is 13.2 Å². The molecule has 0 saturated carbocycles. The van der Waals surface area contributed by atoms with E-state index in [1.807, 2.05) is 0 Å². The predicted molar refractivity (Wildman–Crippen MR) is 73.6 cm³/mol. The monoisotopic (exact) mass is 293 g/mol. The van der Waals surface area contributed by atoms with Gasteiger partial charge in [0.1, 0.15) is 11.3 Å². The molecule has 0 heterocycles. The fraction of sp³-hybridized carbons (Fsp3) is 0.833. The number of ether oxygens (including phenoxy) is 1. The van der Waals surface area contributed by atoms with Gasteiger partial charge in [-0.2, -0.15) is 0 Å². The van der Waals surface area contributed by atoms with Crippen LogP contribution in [0.1, 0.15) is 41.0 Å². The second-order valence-corrected chi connectivity index (χ2v) is 6.55. The van der Waals surface area contributed by atoms with E-state index in [2.05, 4.69) is 0 Å². The van der Waals surface area contributed by atoms with E-state index in [1.165, 1.54) is 0 Å². The van der Waals surface area contributed by atoms with Crippen molar-refractivity contribution in [1.82, 2.24) is 0 Å². The highest BCUT2D eigenvalue weighted by Crippen LogP contribution is 2.46. The van der Waals surface area contributed by atoms with Crippen molar-refractivity contribution < 1.29 is 23.4 Å². The average molecular weight is 293 g/mol. The quantitative estimate of drug-likeness (QED) is 0.546. The van der Waals surface area contributed by atoms with E-state index < -0.39 is 31.5 Å².